The van der Waals surface area contributed by atoms with Gasteiger partial charge < -0.3 is 0 Å². The Morgan fingerprint density at radius 1 is 1.50 bits per heavy atom. The Morgan fingerprint density at radius 2 is 2.25 bits per heavy atom. The minimum absolute atomic E-state index is 0.0318. The molecule has 0 saturated heterocycles. The van der Waals surface area contributed by atoms with Crippen LogP contribution >= 0.6 is 0 Å². The lowest BCUT2D eigenvalue weighted by Gasteiger charge is -2.22. The number of hydrogen-bond acceptors (Lipinski definition) is 2. The van der Waals surface area contributed by atoms with Crippen LogP contribution in [-0.2, 0) is 4.79 Å². The number of allylic oxidation sites excluding steroid dienone is 2. The maximum absolute atomic E-state index is 11.2. The van der Waals surface area contributed by atoms with Gasteiger partial charge in [0.1, 0.15) is 0 Å². The van der Waals surface area contributed by atoms with Gasteiger partial charge in [-0.1, -0.05) is 26.0 Å². The molecule has 3 heteroatoms. The summed E-state index contributed by atoms with van der Waals surface area (Å²) in [4.78, 5) is 11.2. The average Bonchev–Trinajstić information content (AvgIpc) is 2.06. The quantitative estimate of drug-likeness (QED) is 0.665. The van der Waals surface area contributed by atoms with Crippen molar-refractivity contribution < 1.29 is 4.79 Å². The van der Waals surface area contributed by atoms with Gasteiger partial charge in [-0.05, 0) is 6.08 Å². The van der Waals surface area contributed by atoms with E-state index in [9.17, 15) is 4.79 Å². The average molecular weight is 166 g/mol. The Labute approximate surface area is 72.7 Å². The van der Waals surface area contributed by atoms with E-state index in [1.807, 2.05) is 38.3 Å². The molecule has 0 atom stereocenters. The molecule has 0 aromatic carbocycles. The number of rotatable bonds is 2. The fourth-order valence-corrected chi connectivity index (χ4v) is 0.821. The van der Waals surface area contributed by atoms with Gasteiger partial charge in [0.05, 0.1) is 6.54 Å². The number of nitrogens with zero attached hydrogens (tertiary/aromatic N) is 1. The lowest BCUT2D eigenvalue weighted by Crippen LogP contribution is -2.41. The maximum atomic E-state index is 11.2. The van der Waals surface area contributed by atoms with Crippen molar-refractivity contribution in [1.82, 2.24) is 10.4 Å². The molecule has 0 aromatic heterocycles. The summed E-state index contributed by atoms with van der Waals surface area (Å²) in [5, 5.41) is 1.77. The van der Waals surface area contributed by atoms with Crippen molar-refractivity contribution in [3.8, 4) is 0 Å². The molecule has 12 heavy (non-hydrogen) atoms. The number of nitrogens with one attached hydrogen (secondary N) is 1. The van der Waals surface area contributed by atoms with Crippen LogP contribution in [0.2, 0.25) is 0 Å². The van der Waals surface area contributed by atoms with Gasteiger partial charge in [-0.25, -0.2) is 0 Å². The van der Waals surface area contributed by atoms with Gasteiger partial charge in [-0.3, -0.25) is 15.2 Å². The van der Waals surface area contributed by atoms with Crippen LogP contribution in [0, 0.1) is 5.92 Å². The largest absolute Gasteiger partial charge is 0.289 e. The molecule has 0 aromatic rings. The molecule has 0 unspecified atom stereocenters. The fraction of sp³-hybridized carbons (Fsp3) is 0.444. The molecule has 0 radical (unpaired) electrons. The normalized spacial score (nSPS) is 15.4. The van der Waals surface area contributed by atoms with Gasteiger partial charge in [0.25, 0.3) is 0 Å². The first-order chi connectivity index (χ1) is 5.70. The second-order valence-electron chi connectivity index (χ2n) is 3.05. The summed E-state index contributed by atoms with van der Waals surface area (Å²) in [5.41, 5.74) is 2.77. The standard InChI is InChI=1S/C9H14N2O/c1-8(2)9(12)10-11-6-4-3-5-7-11/h3-6,8H,7H2,1-2H3,(H,10,12). The van der Waals surface area contributed by atoms with Crippen molar-refractivity contribution in [2.45, 2.75) is 13.8 Å². The summed E-state index contributed by atoms with van der Waals surface area (Å²) in [5.74, 6) is 0.0826. The fourth-order valence-electron chi connectivity index (χ4n) is 0.821. The molecule has 1 aliphatic rings. The second kappa shape index (κ2) is 3.95. The van der Waals surface area contributed by atoms with E-state index in [4.69, 9.17) is 0 Å². The van der Waals surface area contributed by atoms with Crippen molar-refractivity contribution in [2.24, 2.45) is 5.92 Å². The van der Waals surface area contributed by atoms with Crippen LogP contribution in [0.4, 0.5) is 0 Å². The van der Waals surface area contributed by atoms with Crippen LogP contribution in [0.25, 0.3) is 0 Å². The summed E-state index contributed by atoms with van der Waals surface area (Å²) < 4.78 is 0. The summed E-state index contributed by atoms with van der Waals surface area (Å²) in [6, 6.07) is 0. The zero-order chi connectivity index (χ0) is 8.97. The molecule has 1 N–H and O–H groups in total. The third-order valence-electron chi connectivity index (χ3n) is 1.59. The SMILES string of the molecule is CC(C)C(=O)NN1C=CC=CC1. The predicted molar refractivity (Wildman–Crippen MR) is 48.0 cm³/mol. The highest BCUT2D eigenvalue weighted by Crippen LogP contribution is 1.97. The monoisotopic (exact) mass is 166 g/mol. The molecule has 0 spiro atoms. The van der Waals surface area contributed by atoms with Crippen molar-refractivity contribution >= 4 is 5.91 Å². The Balaban J connectivity index is 2.37. The third kappa shape index (κ3) is 2.42. The number of hydrazine groups is 1. The Morgan fingerprint density at radius 3 is 2.75 bits per heavy atom. The van der Waals surface area contributed by atoms with E-state index in [-0.39, 0.29) is 11.8 Å². The Hall–Kier alpha value is -1.25. The van der Waals surface area contributed by atoms with Crippen LogP contribution in [0.1, 0.15) is 13.8 Å². The molecule has 66 valence electrons. The molecule has 1 heterocycles. The van der Waals surface area contributed by atoms with Crippen molar-refractivity contribution in [2.75, 3.05) is 6.54 Å². The van der Waals surface area contributed by atoms with E-state index in [2.05, 4.69) is 5.43 Å². The zero-order valence-corrected chi connectivity index (χ0v) is 7.45. The first-order valence-corrected chi connectivity index (χ1v) is 4.10. The lowest BCUT2D eigenvalue weighted by molar-refractivity contribution is -0.127. The molecular weight excluding hydrogens is 152 g/mol. The molecular formula is C9H14N2O. The minimum atomic E-state index is 0.0318. The Kier molecular flexibility index (Phi) is 2.91. The van der Waals surface area contributed by atoms with Crippen LogP contribution in [0.15, 0.2) is 24.4 Å². The summed E-state index contributed by atoms with van der Waals surface area (Å²) in [7, 11) is 0. The highest BCUT2D eigenvalue weighted by molar-refractivity contribution is 5.77. The first kappa shape index (κ1) is 8.84. The molecule has 0 bridgehead atoms. The smallest absolute Gasteiger partial charge is 0.241 e. The number of carbonyl (C=O) groups is 1. The summed E-state index contributed by atoms with van der Waals surface area (Å²) in [6.45, 7) is 4.49. The van der Waals surface area contributed by atoms with E-state index in [1.54, 1.807) is 5.01 Å². The summed E-state index contributed by atoms with van der Waals surface area (Å²) >= 11 is 0. The van der Waals surface area contributed by atoms with E-state index in [0.29, 0.717) is 0 Å². The highest BCUT2D eigenvalue weighted by Gasteiger charge is 2.08. The molecule has 1 aliphatic heterocycles. The first-order valence-electron chi connectivity index (χ1n) is 4.10. The van der Waals surface area contributed by atoms with Gasteiger partial charge in [0.15, 0.2) is 0 Å². The molecule has 0 fully saturated rings. The molecule has 0 saturated carbocycles. The maximum Gasteiger partial charge on any atom is 0.241 e. The van der Waals surface area contributed by atoms with Gasteiger partial charge in [0.2, 0.25) is 5.91 Å². The molecule has 0 aliphatic carbocycles. The van der Waals surface area contributed by atoms with Gasteiger partial charge in [-0.2, -0.15) is 0 Å². The number of hydrogen-bond donors (Lipinski definition) is 1. The third-order valence-corrected chi connectivity index (χ3v) is 1.59. The molecule has 1 amide bonds. The lowest BCUT2D eigenvalue weighted by atomic mass is 10.2. The van der Waals surface area contributed by atoms with Crippen LogP contribution < -0.4 is 5.43 Å². The number of carbonyl (C=O) groups excluding carboxylic acids is 1. The van der Waals surface area contributed by atoms with E-state index in [1.165, 1.54) is 0 Å². The van der Waals surface area contributed by atoms with Gasteiger partial charge in [-0.15, -0.1) is 0 Å². The molecule has 3 nitrogen and oxygen atoms in total. The van der Waals surface area contributed by atoms with E-state index >= 15 is 0 Å². The van der Waals surface area contributed by atoms with Crippen molar-refractivity contribution in [3.63, 3.8) is 0 Å². The second-order valence-corrected chi connectivity index (χ2v) is 3.05. The summed E-state index contributed by atoms with van der Waals surface area (Å²) in [6.07, 6.45) is 7.68. The zero-order valence-electron chi connectivity index (χ0n) is 7.45. The van der Waals surface area contributed by atoms with E-state index < -0.39 is 0 Å². The Bertz CT molecular complexity index is 219. The molecule has 1 rings (SSSR count). The van der Waals surface area contributed by atoms with E-state index in [0.717, 1.165) is 6.54 Å². The van der Waals surface area contributed by atoms with Crippen molar-refractivity contribution in [3.05, 3.63) is 24.4 Å². The topological polar surface area (TPSA) is 32.3 Å². The predicted octanol–water partition coefficient (Wildman–Crippen LogP) is 1.06. The van der Waals surface area contributed by atoms with Crippen LogP contribution in [-0.4, -0.2) is 17.5 Å². The van der Waals surface area contributed by atoms with Gasteiger partial charge in [0, 0.05) is 12.1 Å². The van der Waals surface area contributed by atoms with Crippen LogP contribution in [0.5, 0.6) is 0 Å². The van der Waals surface area contributed by atoms with Crippen LogP contribution in [0.3, 0.4) is 0 Å². The minimum Gasteiger partial charge on any atom is -0.289 e. The highest BCUT2D eigenvalue weighted by atomic mass is 16.2. The van der Waals surface area contributed by atoms with Gasteiger partial charge >= 0.3 is 0 Å². The number of amides is 1. The van der Waals surface area contributed by atoms with Crippen molar-refractivity contribution in [1.29, 1.82) is 0 Å².